The lowest BCUT2D eigenvalue weighted by Gasteiger charge is -2.03. The third kappa shape index (κ3) is 2.74. The Hall–Kier alpha value is -2.21. The Morgan fingerprint density at radius 3 is 2.59 bits per heavy atom. The molecular formula is C16H18N4OS. The first-order valence-corrected chi connectivity index (χ1v) is 7.93. The molecule has 0 radical (unpaired) electrons. The number of rotatable bonds is 3. The van der Waals surface area contributed by atoms with Gasteiger partial charge in [-0.15, -0.1) is 0 Å². The molecular weight excluding hydrogens is 296 g/mol. The van der Waals surface area contributed by atoms with E-state index in [1.54, 1.807) is 4.68 Å². The zero-order valence-electron chi connectivity index (χ0n) is 13.1. The van der Waals surface area contributed by atoms with Crippen molar-refractivity contribution in [1.29, 1.82) is 0 Å². The summed E-state index contributed by atoms with van der Waals surface area (Å²) in [6, 6.07) is 6.09. The molecule has 0 spiro atoms. The molecule has 114 valence electrons. The average Bonchev–Trinajstić information content (AvgIpc) is 2.99. The summed E-state index contributed by atoms with van der Waals surface area (Å²) in [5.74, 6) is -0.111. The molecule has 0 saturated heterocycles. The number of aromatic nitrogens is 3. The number of nitrogens with zero attached hydrogens (tertiary/aromatic N) is 3. The monoisotopic (exact) mass is 314 g/mol. The van der Waals surface area contributed by atoms with Crippen molar-refractivity contribution in [2.75, 3.05) is 5.32 Å². The quantitative estimate of drug-likeness (QED) is 0.806. The Kier molecular flexibility index (Phi) is 3.70. The van der Waals surface area contributed by atoms with Gasteiger partial charge in [0.15, 0.2) is 5.13 Å². The maximum absolute atomic E-state index is 12.2. The predicted octanol–water partition coefficient (Wildman–Crippen LogP) is 3.37. The zero-order chi connectivity index (χ0) is 15.9. The number of carbonyl (C=O) groups is 1. The van der Waals surface area contributed by atoms with Crippen LogP contribution < -0.4 is 5.32 Å². The van der Waals surface area contributed by atoms with E-state index in [9.17, 15) is 4.79 Å². The van der Waals surface area contributed by atoms with Gasteiger partial charge in [0, 0.05) is 5.69 Å². The first-order chi connectivity index (χ1) is 10.4. The van der Waals surface area contributed by atoms with Crippen LogP contribution in [0.3, 0.4) is 0 Å². The van der Waals surface area contributed by atoms with E-state index in [1.165, 1.54) is 16.9 Å². The summed E-state index contributed by atoms with van der Waals surface area (Å²) in [6.45, 7) is 8.15. The molecule has 5 nitrogen and oxygen atoms in total. The van der Waals surface area contributed by atoms with Crippen LogP contribution in [0.4, 0.5) is 5.13 Å². The van der Waals surface area contributed by atoms with Crippen LogP contribution in [0.25, 0.3) is 10.2 Å². The summed E-state index contributed by atoms with van der Waals surface area (Å²) >= 11 is 1.51. The third-order valence-corrected chi connectivity index (χ3v) is 4.69. The number of hydrogen-bond acceptors (Lipinski definition) is 4. The van der Waals surface area contributed by atoms with Crippen LogP contribution in [0.2, 0.25) is 0 Å². The first-order valence-electron chi connectivity index (χ1n) is 7.11. The SMILES string of the molecule is Cc1cc(C)n(CC(=O)Nc2nc3c(C)ccc(C)c3s2)n1. The molecule has 1 N–H and O–H groups in total. The summed E-state index contributed by atoms with van der Waals surface area (Å²) < 4.78 is 2.83. The minimum atomic E-state index is -0.111. The van der Waals surface area contributed by atoms with Crippen molar-refractivity contribution in [2.24, 2.45) is 0 Å². The molecule has 3 rings (SSSR count). The number of anilines is 1. The molecule has 6 heteroatoms. The smallest absolute Gasteiger partial charge is 0.247 e. The summed E-state index contributed by atoms with van der Waals surface area (Å²) in [5.41, 5.74) is 5.15. The van der Waals surface area contributed by atoms with E-state index in [-0.39, 0.29) is 12.5 Å². The Morgan fingerprint density at radius 1 is 1.23 bits per heavy atom. The molecule has 22 heavy (non-hydrogen) atoms. The van der Waals surface area contributed by atoms with E-state index in [1.807, 2.05) is 26.8 Å². The number of fused-ring (bicyclic) bond motifs is 1. The number of carbonyl (C=O) groups excluding carboxylic acids is 1. The summed E-state index contributed by atoms with van der Waals surface area (Å²) in [7, 11) is 0. The fourth-order valence-corrected chi connectivity index (χ4v) is 3.47. The maximum atomic E-state index is 12.2. The van der Waals surface area contributed by atoms with Crippen LogP contribution in [0.5, 0.6) is 0 Å². The molecule has 0 aliphatic rings. The number of hydrogen-bond donors (Lipinski definition) is 1. The Bertz CT molecular complexity index is 824. The first kappa shape index (κ1) is 14.7. The lowest BCUT2D eigenvalue weighted by Crippen LogP contribution is -2.20. The van der Waals surface area contributed by atoms with Crippen molar-refractivity contribution in [3.8, 4) is 0 Å². The molecule has 0 aliphatic carbocycles. The van der Waals surface area contributed by atoms with Gasteiger partial charge in [-0.2, -0.15) is 5.10 Å². The van der Waals surface area contributed by atoms with Crippen LogP contribution in [0.15, 0.2) is 18.2 Å². The molecule has 3 aromatic rings. The molecule has 0 atom stereocenters. The highest BCUT2D eigenvalue weighted by molar-refractivity contribution is 7.22. The zero-order valence-corrected chi connectivity index (χ0v) is 13.9. The second-order valence-electron chi connectivity index (χ2n) is 5.53. The van der Waals surface area contributed by atoms with Crippen LogP contribution in [-0.2, 0) is 11.3 Å². The molecule has 2 heterocycles. The van der Waals surface area contributed by atoms with Gasteiger partial charge in [0.2, 0.25) is 5.91 Å². The molecule has 1 amide bonds. The fourth-order valence-electron chi connectivity index (χ4n) is 2.44. The highest BCUT2D eigenvalue weighted by Gasteiger charge is 2.12. The van der Waals surface area contributed by atoms with Gasteiger partial charge in [-0.3, -0.25) is 9.48 Å². The largest absolute Gasteiger partial charge is 0.300 e. The van der Waals surface area contributed by atoms with E-state index in [2.05, 4.69) is 34.5 Å². The minimum absolute atomic E-state index is 0.111. The maximum Gasteiger partial charge on any atom is 0.247 e. The van der Waals surface area contributed by atoms with E-state index >= 15 is 0 Å². The van der Waals surface area contributed by atoms with Crippen LogP contribution in [-0.4, -0.2) is 20.7 Å². The highest BCUT2D eigenvalue weighted by atomic mass is 32.1. The topological polar surface area (TPSA) is 59.8 Å². The van der Waals surface area contributed by atoms with Gasteiger partial charge in [-0.1, -0.05) is 23.5 Å². The lowest BCUT2D eigenvalue weighted by atomic mass is 10.1. The third-order valence-electron chi connectivity index (χ3n) is 3.59. The van der Waals surface area contributed by atoms with E-state index in [0.717, 1.165) is 27.2 Å². The van der Waals surface area contributed by atoms with Crippen molar-refractivity contribution in [3.05, 3.63) is 40.7 Å². The molecule has 1 aromatic carbocycles. The van der Waals surface area contributed by atoms with Gasteiger partial charge in [0.1, 0.15) is 6.54 Å². The average molecular weight is 314 g/mol. The number of thiazole rings is 1. The Labute approximate surface area is 133 Å². The summed E-state index contributed by atoms with van der Waals surface area (Å²) in [5, 5.41) is 7.82. The predicted molar refractivity (Wildman–Crippen MR) is 89.4 cm³/mol. The number of benzene rings is 1. The standard InChI is InChI=1S/C16H18N4OS/c1-9-5-6-10(2)15-14(9)18-16(22-15)17-13(21)8-20-12(4)7-11(3)19-20/h5-7H,8H2,1-4H3,(H,17,18,21). The lowest BCUT2D eigenvalue weighted by molar-refractivity contribution is -0.116. The van der Waals surface area contributed by atoms with Crippen molar-refractivity contribution < 1.29 is 4.79 Å². The van der Waals surface area contributed by atoms with E-state index < -0.39 is 0 Å². The second kappa shape index (κ2) is 5.53. The summed E-state index contributed by atoms with van der Waals surface area (Å²) in [6.07, 6.45) is 0. The number of amides is 1. The van der Waals surface area contributed by atoms with E-state index in [0.29, 0.717) is 5.13 Å². The normalized spacial score (nSPS) is 11.1. The second-order valence-corrected chi connectivity index (χ2v) is 6.53. The molecule has 0 saturated carbocycles. The van der Waals surface area contributed by atoms with Gasteiger partial charge in [-0.25, -0.2) is 4.98 Å². The molecule has 0 fully saturated rings. The molecule has 0 aliphatic heterocycles. The van der Waals surface area contributed by atoms with Crippen molar-refractivity contribution in [3.63, 3.8) is 0 Å². The van der Waals surface area contributed by atoms with Gasteiger partial charge in [0.05, 0.1) is 15.9 Å². The van der Waals surface area contributed by atoms with Gasteiger partial charge in [-0.05, 0) is 44.9 Å². The van der Waals surface area contributed by atoms with Crippen LogP contribution in [0.1, 0.15) is 22.5 Å². The van der Waals surface area contributed by atoms with Gasteiger partial charge < -0.3 is 5.32 Å². The van der Waals surface area contributed by atoms with Gasteiger partial charge >= 0.3 is 0 Å². The number of nitrogens with one attached hydrogen (secondary N) is 1. The van der Waals surface area contributed by atoms with Crippen LogP contribution >= 0.6 is 11.3 Å². The summed E-state index contributed by atoms with van der Waals surface area (Å²) in [4.78, 5) is 16.7. The van der Waals surface area contributed by atoms with Gasteiger partial charge in [0.25, 0.3) is 0 Å². The van der Waals surface area contributed by atoms with Crippen LogP contribution in [0, 0.1) is 27.7 Å². The van der Waals surface area contributed by atoms with Crippen molar-refractivity contribution >= 4 is 32.6 Å². The molecule has 0 unspecified atom stereocenters. The highest BCUT2D eigenvalue weighted by Crippen LogP contribution is 2.30. The molecule has 0 bridgehead atoms. The minimum Gasteiger partial charge on any atom is -0.300 e. The fraction of sp³-hybridized carbons (Fsp3) is 0.312. The van der Waals surface area contributed by atoms with Crippen molar-refractivity contribution in [1.82, 2.24) is 14.8 Å². The molecule has 2 aromatic heterocycles. The van der Waals surface area contributed by atoms with E-state index in [4.69, 9.17) is 0 Å². The number of aryl methyl sites for hydroxylation is 4. The Balaban J connectivity index is 1.81. The van der Waals surface area contributed by atoms with Crippen molar-refractivity contribution in [2.45, 2.75) is 34.2 Å². The Morgan fingerprint density at radius 2 is 1.95 bits per heavy atom.